The fraction of sp³-hybridized carbons (Fsp3) is 0.500. The lowest BCUT2D eigenvalue weighted by molar-refractivity contribution is 0.595. The van der Waals surface area contributed by atoms with E-state index in [0.717, 1.165) is 15.7 Å². The second-order valence-electron chi connectivity index (χ2n) is 4.04. The monoisotopic (exact) mass is 319 g/mol. The third-order valence-corrected chi connectivity index (χ3v) is 5.14. The standard InChI is InChI=1S/C12H18BrNO2S/c1-3-7-17(15,16)8-6-14-11-5-4-10(2)12(13)9-11/h4-5,9,14H,3,6-8H2,1-2H3. The number of sulfone groups is 1. The number of hydrogen-bond donors (Lipinski definition) is 1. The highest BCUT2D eigenvalue weighted by Gasteiger charge is 2.08. The van der Waals surface area contributed by atoms with Gasteiger partial charge in [0, 0.05) is 22.5 Å². The van der Waals surface area contributed by atoms with Crippen molar-refractivity contribution in [2.75, 3.05) is 23.4 Å². The number of rotatable bonds is 6. The summed E-state index contributed by atoms with van der Waals surface area (Å²) in [7, 11) is -2.89. The Labute approximate surface area is 112 Å². The van der Waals surface area contributed by atoms with Gasteiger partial charge in [-0.3, -0.25) is 0 Å². The predicted molar refractivity (Wildman–Crippen MR) is 76.3 cm³/mol. The van der Waals surface area contributed by atoms with Crippen molar-refractivity contribution >= 4 is 31.5 Å². The average Bonchev–Trinajstić information content (AvgIpc) is 2.23. The van der Waals surface area contributed by atoms with Gasteiger partial charge in [0.05, 0.1) is 5.75 Å². The minimum atomic E-state index is -2.89. The van der Waals surface area contributed by atoms with Crippen molar-refractivity contribution in [2.45, 2.75) is 20.3 Å². The molecule has 0 fully saturated rings. The van der Waals surface area contributed by atoms with Crippen LogP contribution in [0.3, 0.4) is 0 Å². The van der Waals surface area contributed by atoms with Crippen molar-refractivity contribution in [3.05, 3.63) is 28.2 Å². The molecule has 3 nitrogen and oxygen atoms in total. The van der Waals surface area contributed by atoms with Crippen LogP contribution in [0.5, 0.6) is 0 Å². The molecule has 0 aliphatic rings. The van der Waals surface area contributed by atoms with Gasteiger partial charge in [-0.15, -0.1) is 0 Å². The normalized spacial score (nSPS) is 11.5. The van der Waals surface area contributed by atoms with Gasteiger partial charge in [0.1, 0.15) is 0 Å². The Balaban J connectivity index is 2.49. The van der Waals surface area contributed by atoms with Crippen molar-refractivity contribution in [1.29, 1.82) is 0 Å². The molecule has 0 atom stereocenters. The third kappa shape index (κ3) is 5.08. The maximum absolute atomic E-state index is 11.5. The van der Waals surface area contributed by atoms with Crippen LogP contribution >= 0.6 is 15.9 Å². The zero-order valence-electron chi connectivity index (χ0n) is 10.2. The highest BCUT2D eigenvalue weighted by Crippen LogP contribution is 2.20. The minimum absolute atomic E-state index is 0.187. The maximum Gasteiger partial charge on any atom is 0.152 e. The Morgan fingerprint density at radius 3 is 2.59 bits per heavy atom. The van der Waals surface area contributed by atoms with E-state index in [4.69, 9.17) is 0 Å². The first-order valence-electron chi connectivity index (χ1n) is 5.65. The third-order valence-electron chi connectivity index (χ3n) is 2.43. The van der Waals surface area contributed by atoms with Crippen LogP contribution in [0.1, 0.15) is 18.9 Å². The summed E-state index contributed by atoms with van der Waals surface area (Å²) in [5.41, 5.74) is 2.10. The van der Waals surface area contributed by atoms with Crippen LogP contribution < -0.4 is 5.32 Å². The number of anilines is 1. The summed E-state index contributed by atoms with van der Waals surface area (Å²) in [5, 5.41) is 3.12. The molecule has 0 saturated heterocycles. The summed E-state index contributed by atoms with van der Waals surface area (Å²) in [4.78, 5) is 0. The lowest BCUT2D eigenvalue weighted by atomic mass is 10.2. The highest BCUT2D eigenvalue weighted by molar-refractivity contribution is 9.10. The van der Waals surface area contributed by atoms with Gasteiger partial charge in [-0.2, -0.15) is 0 Å². The van der Waals surface area contributed by atoms with Crippen molar-refractivity contribution < 1.29 is 8.42 Å². The summed E-state index contributed by atoms with van der Waals surface area (Å²) in [6, 6.07) is 5.90. The molecule has 5 heteroatoms. The summed E-state index contributed by atoms with van der Waals surface area (Å²) >= 11 is 3.44. The second-order valence-corrected chi connectivity index (χ2v) is 7.20. The molecule has 1 rings (SSSR count). The van der Waals surface area contributed by atoms with E-state index in [2.05, 4.69) is 21.2 Å². The average molecular weight is 320 g/mol. The van der Waals surface area contributed by atoms with E-state index in [1.807, 2.05) is 32.0 Å². The molecule has 96 valence electrons. The molecule has 0 aliphatic heterocycles. The smallest absolute Gasteiger partial charge is 0.152 e. The Morgan fingerprint density at radius 1 is 1.29 bits per heavy atom. The van der Waals surface area contributed by atoms with Crippen LogP contribution in [0.4, 0.5) is 5.69 Å². The fourth-order valence-electron chi connectivity index (χ4n) is 1.47. The topological polar surface area (TPSA) is 46.2 Å². The molecule has 0 heterocycles. The lowest BCUT2D eigenvalue weighted by Crippen LogP contribution is -2.18. The first-order chi connectivity index (χ1) is 7.94. The number of halogens is 1. The summed E-state index contributed by atoms with van der Waals surface area (Å²) in [6.45, 7) is 4.35. The number of hydrogen-bond acceptors (Lipinski definition) is 3. The molecule has 0 saturated carbocycles. The number of nitrogens with one attached hydrogen (secondary N) is 1. The Hall–Kier alpha value is -0.550. The molecule has 0 bridgehead atoms. The van der Waals surface area contributed by atoms with Gasteiger partial charge in [0.2, 0.25) is 0 Å². The molecule has 0 radical (unpaired) electrons. The largest absolute Gasteiger partial charge is 0.384 e. The Morgan fingerprint density at radius 2 is 2.00 bits per heavy atom. The molecule has 0 aliphatic carbocycles. The van der Waals surface area contributed by atoms with Gasteiger partial charge in [0.25, 0.3) is 0 Å². The van der Waals surface area contributed by atoms with Gasteiger partial charge >= 0.3 is 0 Å². The van der Waals surface area contributed by atoms with Gasteiger partial charge in [-0.25, -0.2) is 8.42 Å². The lowest BCUT2D eigenvalue weighted by Gasteiger charge is -2.08. The predicted octanol–water partition coefficient (Wildman–Crippen LogP) is 2.99. The molecule has 1 aromatic carbocycles. The van der Waals surface area contributed by atoms with Gasteiger partial charge in [-0.1, -0.05) is 28.9 Å². The molecular weight excluding hydrogens is 302 g/mol. The van der Waals surface area contributed by atoms with Crippen LogP contribution in [-0.2, 0) is 9.84 Å². The zero-order chi connectivity index (χ0) is 12.9. The highest BCUT2D eigenvalue weighted by atomic mass is 79.9. The van der Waals surface area contributed by atoms with E-state index in [1.165, 1.54) is 0 Å². The van der Waals surface area contributed by atoms with E-state index in [1.54, 1.807) is 0 Å². The van der Waals surface area contributed by atoms with E-state index < -0.39 is 9.84 Å². The van der Waals surface area contributed by atoms with E-state index >= 15 is 0 Å². The Bertz CT molecular complexity index is 471. The van der Waals surface area contributed by atoms with Crippen molar-refractivity contribution in [1.82, 2.24) is 0 Å². The van der Waals surface area contributed by atoms with E-state index in [0.29, 0.717) is 13.0 Å². The molecule has 0 unspecified atom stereocenters. The zero-order valence-corrected chi connectivity index (χ0v) is 12.6. The van der Waals surface area contributed by atoms with Crippen LogP contribution in [-0.4, -0.2) is 26.5 Å². The second kappa shape index (κ2) is 6.40. The van der Waals surface area contributed by atoms with Crippen molar-refractivity contribution in [2.24, 2.45) is 0 Å². The van der Waals surface area contributed by atoms with E-state index in [9.17, 15) is 8.42 Å². The minimum Gasteiger partial charge on any atom is -0.384 e. The maximum atomic E-state index is 11.5. The molecule has 0 spiro atoms. The summed E-state index contributed by atoms with van der Waals surface area (Å²) < 4.78 is 24.0. The molecule has 1 aromatic rings. The first-order valence-corrected chi connectivity index (χ1v) is 8.26. The van der Waals surface area contributed by atoms with Gasteiger partial charge < -0.3 is 5.32 Å². The fourth-order valence-corrected chi connectivity index (χ4v) is 3.08. The quantitative estimate of drug-likeness (QED) is 0.876. The molecular formula is C12H18BrNO2S. The number of benzene rings is 1. The van der Waals surface area contributed by atoms with Crippen molar-refractivity contribution in [3.8, 4) is 0 Å². The Kier molecular flexibility index (Phi) is 5.46. The SMILES string of the molecule is CCCS(=O)(=O)CCNc1ccc(C)c(Br)c1. The van der Waals surface area contributed by atoms with Gasteiger partial charge in [-0.05, 0) is 31.0 Å². The molecule has 0 aromatic heterocycles. The first kappa shape index (κ1) is 14.5. The van der Waals surface area contributed by atoms with Crippen molar-refractivity contribution in [3.63, 3.8) is 0 Å². The molecule has 0 amide bonds. The van der Waals surface area contributed by atoms with Gasteiger partial charge in [0.15, 0.2) is 9.84 Å². The van der Waals surface area contributed by atoms with Crippen LogP contribution in [0, 0.1) is 6.92 Å². The summed E-state index contributed by atoms with van der Waals surface area (Å²) in [6.07, 6.45) is 0.679. The number of aryl methyl sites for hydroxylation is 1. The van der Waals surface area contributed by atoms with Crippen LogP contribution in [0.25, 0.3) is 0 Å². The van der Waals surface area contributed by atoms with Crippen LogP contribution in [0.2, 0.25) is 0 Å². The van der Waals surface area contributed by atoms with Crippen LogP contribution in [0.15, 0.2) is 22.7 Å². The summed E-state index contributed by atoms with van der Waals surface area (Å²) in [5.74, 6) is 0.457. The molecule has 1 N–H and O–H groups in total. The molecule has 17 heavy (non-hydrogen) atoms. The van der Waals surface area contributed by atoms with E-state index in [-0.39, 0.29) is 11.5 Å².